The third-order valence-corrected chi connectivity index (χ3v) is 3.78. The summed E-state index contributed by atoms with van der Waals surface area (Å²) >= 11 is 11.5. The number of rotatable bonds is 1. The zero-order chi connectivity index (χ0) is 14.5. The van der Waals surface area contributed by atoms with Gasteiger partial charge in [0.1, 0.15) is 11.3 Å². The van der Waals surface area contributed by atoms with Crippen LogP contribution in [0.4, 0.5) is 10.2 Å². The van der Waals surface area contributed by atoms with Crippen LogP contribution in [0.5, 0.6) is 0 Å². The summed E-state index contributed by atoms with van der Waals surface area (Å²) in [7, 11) is 0. The molecule has 2 aromatic heterocycles. The molecule has 1 fully saturated rings. The molecule has 3 rings (SSSR count). The van der Waals surface area contributed by atoms with E-state index in [1.807, 2.05) is 4.90 Å². The first kappa shape index (κ1) is 13.7. The fraction of sp³-hybridized carbons (Fsp3) is 0.417. The fourth-order valence-corrected chi connectivity index (χ4v) is 2.66. The van der Waals surface area contributed by atoms with Crippen molar-refractivity contribution in [2.45, 2.75) is 18.9 Å². The summed E-state index contributed by atoms with van der Waals surface area (Å²) in [6.45, 7) is 2.73. The van der Waals surface area contributed by atoms with Gasteiger partial charge in [0, 0.05) is 19.3 Å². The highest BCUT2D eigenvalue weighted by atomic mass is 35.5. The van der Waals surface area contributed by atoms with E-state index in [4.69, 9.17) is 23.2 Å². The van der Waals surface area contributed by atoms with Crippen molar-refractivity contribution < 1.29 is 9.50 Å². The molecule has 2 aromatic rings. The van der Waals surface area contributed by atoms with Gasteiger partial charge in [0.15, 0.2) is 11.0 Å². The Morgan fingerprint density at radius 1 is 1.40 bits per heavy atom. The van der Waals surface area contributed by atoms with Crippen molar-refractivity contribution in [1.29, 1.82) is 0 Å². The van der Waals surface area contributed by atoms with Crippen molar-refractivity contribution in [2.75, 3.05) is 18.0 Å². The van der Waals surface area contributed by atoms with E-state index in [9.17, 15) is 9.50 Å². The molecule has 0 aliphatic carbocycles. The summed E-state index contributed by atoms with van der Waals surface area (Å²) < 4.78 is 14.0. The summed E-state index contributed by atoms with van der Waals surface area (Å²) in [6.07, 6.45) is 2.01. The van der Waals surface area contributed by atoms with Gasteiger partial charge < -0.3 is 10.0 Å². The van der Waals surface area contributed by atoms with E-state index in [0.29, 0.717) is 30.7 Å². The van der Waals surface area contributed by atoms with Crippen LogP contribution < -0.4 is 4.90 Å². The number of fused-ring (bicyclic) bond motifs is 1. The van der Waals surface area contributed by atoms with Gasteiger partial charge in [0.25, 0.3) is 0 Å². The zero-order valence-corrected chi connectivity index (χ0v) is 12.1. The van der Waals surface area contributed by atoms with Crippen LogP contribution in [0.2, 0.25) is 10.4 Å². The normalized spacial score (nSPS) is 22.8. The standard InChI is InChI=1S/C12H11Cl2FN4O/c1-12(20)2-3-19(5-12)10-6-4-16-9(13)7(15)8(6)17-11(14)18-10/h4,20H,2-3,5H2,1H3. The van der Waals surface area contributed by atoms with Crippen molar-refractivity contribution in [3.63, 3.8) is 0 Å². The van der Waals surface area contributed by atoms with Crippen molar-refractivity contribution >= 4 is 39.9 Å². The molecule has 8 heteroatoms. The van der Waals surface area contributed by atoms with Crippen LogP contribution in [0.3, 0.4) is 0 Å². The van der Waals surface area contributed by atoms with Crippen molar-refractivity contribution in [2.24, 2.45) is 0 Å². The lowest BCUT2D eigenvalue weighted by Gasteiger charge is -2.21. The number of aromatic nitrogens is 3. The summed E-state index contributed by atoms with van der Waals surface area (Å²) in [6, 6.07) is 0. The maximum absolute atomic E-state index is 14.0. The molecule has 5 nitrogen and oxygen atoms in total. The summed E-state index contributed by atoms with van der Waals surface area (Å²) in [4.78, 5) is 13.6. The SMILES string of the molecule is CC1(O)CCN(c2nc(Cl)nc3c(F)c(Cl)ncc23)C1. The Labute approximate surface area is 124 Å². The van der Waals surface area contributed by atoms with E-state index in [-0.39, 0.29) is 16.0 Å². The number of anilines is 1. The van der Waals surface area contributed by atoms with E-state index in [2.05, 4.69) is 15.0 Å². The maximum Gasteiger partial charge on any atom is 0.225 e. The second-order valence-electron chi connectivity index (χ2n) is 5.11. The van der Waals surface area contributed by atoms with Gasteiger partial charge in [0.05, 0.1) is 11.0 Å². The number of hydrogen-bond acceptors (Lipinski definition) is 5. The molecule has 1 N–H and O–H groups in total. The molecule has 0 spiro atoms. The number of halogens is 3. The Hall–Kier alpha value is -1.24. The molecule has 1 aliphatic rings. The lowest BCUT2D eigenvalue weighted by atomic mass is 10.1. The minimum absolute atomic E-state index is 0.0338. The van der Waals surface area contributed by atoms with E-state index in [0.717, 1.165) is 0 Å². The summed E-state index contributed by atoms with van der Waals surface area (Å²) in [5.41, 5.74) is -0.770. The summed E-state index contributed by atoms with van der Waals surface area (Å²) in [5, 5.41) is 10.1. The topological polar surface area (TPSA) is 62.1 Å². The molecule has 0 amide bonds. The van der Waals surface area contributed by atoms with E-state index in [1.54, 1.807) is 6.92 Å². The average Bonchev–Trinajstić information content (AvgIpc) is 2.74. The Morgan fingerprint density at radius 3 is 2.80 bits per heavy atom. The first-order valence-corrected chi connectivity index (χ1v) is 6.77. The molecular weight excluding hydrogens is 306 g/mol. The van der Waals surface area contributed by atoms with Gasteiger partial charge in [-0.1, -0.05) is 11.6 Å². The molecule has 0 saturated carbocycles. The first-order valence-electron chi connectivity index (χ1n) is 6.02. The Balaban J connectivity index is 2.19. The van der Waals surface area contributed by atoms with Gasteiger partial charge in [0.2, 0.25) is 5.28 Å². The maximum atomic E-state index is 14.0. The zero-order valence-electron chi connectivity index (χ0n) is 10.6. The van der Waals surface area contributed by atoms with E-state index in [1.165, 1.54) is 6.20 Å². The molecule has 1 atom stereocenters. The average molecular weight is 317 g/mol. The van der Waals surface area contributed by atoms with Crippen molar-refractivity contribution in [3.8, 4) is 0 Å². The number of aliphatic hydroxyl groups is 1. The Bertz CT molecular complexity index is 695. The van der Waals surface area contributed by atoms with Crippen molar-refractivity contribution in [3.05, 3.63) is 22.5 Å². The predicted molar refractivity (Wildman–Crippen MR) is 74.8 cm³/mol. The van der Waals surface area contributed by atoms with Crippen LogP contribution in [-0.4, -0.2) is 38.7 Å². The van der Waals surface area contributed by atoms with E-state index >= 15 is 0 Å². The molecule has 20 heavy (non-hydrogen) atoms. The smallest absolute Gasteiger partial charge is 0.225 e. The predicted octanol–water partition coefficient (Wildman–Crippen LogP) is 2.43. The second-order valence-corrected chi connectivity index (χ2v) is 5.81. The van der Waals surface area contributed by atoms with Gasteiger partial charge in [-0.25, -0.2) is 14.4 Å². The Morgan fingerprint density at radius 2 is 2.15 bits per heavy atom. The quantitative estimate of drug-likeness (QED) is 0.646. The molecular formula is C12H11Cl2FN4O. The molecule has 0 aromatic carbocycles. The van der Waals surface area contributed by atoms with Gasteiger partial charge >= 0.3 is 0 Å². The third-order valence-electron chi connectivity index (χ3n) is 3.35. The van der Waals surface area contributed by atoms with Crippen LogP contribution in [0.15, 0.2) is 6.20 Å². The first-order chi connectivity index (χ1) is 9.37. The third kappa shape index (κ3) is 2.28. The van der Waals surface area contributed by atoms with Crippen LogP contribution in [-0.2, 0) is 0 Å². The minimum Gasteiger partial charge on any atom is -0.388 e. The van der Waals surface area contributed by atoms with Gasteiger partial charge in [-0.15, -0.1) is 0 Å². The highest BCUT2D eigenvalue weighted by Gasteiger charge is 2.33. The van der Waals surface area contributed by atoms with E-state index < -0.39 is 11.4 Å². The minimum atomic E-state index is -0.803. The van der Waals surface area contributed by atoms with Crippen LogP contribution in [0, 0.1) is 5.82 Å². The molecule has 3 heterocycles. The lowest BCUT2D eigenvalue weighted by molar-refractivity contribution is 0.0839. The molecule has 1 unspecified atom stereocenters. The molecule has 1 saturated heterocycles. The Kier molecular flexibility index (Phi) is 3.19. The van der Waals surface area contributed by atoms with Gasteiger partial charge in [-0.3, -0.25) is 0 Å². The van der Waals surface area contributed by atoms with Gasteiger partial charge in [-0.05, 0) is 24.9 Å². The lowest BCUT2D eigenvalue weighted by Crippen LogP contribution is -2.30. The second kappa shape index (κ2) is 4.65. The molecule has 0 radical (unpaired) electrons. The largest absolute Gasteiger partial charge is 0.388 e. The number of nitrogens with zero attached hydrogens (tertiary/aromatic N) is 4. The van der Waals surface area contributed by atoms with Gasteiger partial charge in [-0.2, -0.15) is 4.98 Å². The molecule has 0 bridgehead atoms. The number of pyridine rings is 1. The van der Waals surface area contributed by atoms with Crippen LogP contribution in [0.25, 0.3) is 10.9 Å². The number of hydrogen-bond donors (Lipinski definition) is 1. The highest BCUT2D eigenvalue weighted by molar-refractivity contribution is 6.30. The fourth-order valence-electron chi connectivity index (χ4n) is 2.36. The molecule has 1 aliphatic heterocycles. The monoisotopic (exact) mass is 316 g/mol. The van der Waals surface area contributed by atoms with Crippen molar-refractivity contribution in [1.82, 2.24) is 15.0 Å². The number of β-amino-alcohol motifs (C(OH)–C–C–N with tert-alkyl or cyclic N) is 1. The molecule has 106 valence electrons. The summed E-state index contributed by atoms with van der Waals surface area (Å²) in [5.74, 6) is -0.262. The van der Waals surface area contributed by atoms with Crippen LogP contribution >= 0.6 is 23.2 Å². The highest BCUT2D eigenvalue weighted by Crippen LogP contribution is 2.32. The van der Waals surface area contributed by atoms with Crippen LogP contribution in [0.1, 0.15) is 13.3 Å².